The first-order valence-corrected chi connectivity index (χ1v) is 5.70. The number of rotatable bonds is 3. The van der Waals surface area contributed by atoms with Gasteiger partial charge in [0, 0.05) is 17.9 Å². The molecule has 0 amide bonds. The molecule has 1 saturated carbocycles. The number of pyridine rings is 1. The van der Waals surface area contributed by atoms with Crippen molar-refractivity contribution >= 4 is 0 Å². The monoisotopic (exact) mass is 205 g/mol. The summed E-state index contributed by atoms with van der Waals surface area (Å²) in [7, 11) is 0. The molecule has 1 fully saturated rings. The second kappa shape index (κ2) is 4.73. The van der Waals surface area contributed by atoms with E-state index in [4.69, 9.17) is 5.84 Å². The van der Waals surface area contributed by atoms with Crippen molar-refractivity contribution in [3.63, 3.8) is 0 Å². The summed E-state index contributed by atoms with van der Waals surface area (Å²) in [5.41, 5.74) is 5.30. The summed E-state index contributed by atoms with van der Waals surface area (Å²) in [5.74, 6) is 6.36. The molecular weight excluding hydrogens is 186 g/mol. The van der Waals surface area contributed by atoms with Crippen LogP contribution in [0.15, 0.2) is 18.3 Å². The molecule has 1 aromatic rings. The molecule has 3 heteroatoms. The van der Waals surface area contributed by atoms with Crippen LogP contribution in [0, 0.1) is 12.8 Å². The molecule has 15 heavy (non-hydrogen) atoms. The van der Waals surface area contributed by atoms with Gasteiger partial charge in [0.1, 0.15) is 0 Å². The van der Waals surface area contributed by atoms with Crippen LogP contribution < -0.4 is 11.3 Å². The van der Waals surface area contributed by atoms with Gasteiger partial charge in [0.05, 0.1) is 0 Å². The second-order valence-electron chi connectivity index (χ2n) is 4.42. The van der Waals surface area contributed by atoms with Gasteiger partial charge in [-0.1, -0.05) is 12.8 Å². The molecule has 3 nitrogen and oxygen atoms in total. The maximum Gasteiger partial charge on any atom is 0.0489 e. The largest absolute Gasteiger partial charge is 0.271 e. The third kappa shape index (κ3) is 2.36. The van der Waals surface area contributed by atoms with Gasteiger partial charge in [0.15, 0.2) is 0 Å². The highest BCUT2D eigenvalue weighted by atomic mass is 15.2. The zero-order valence-electron chi connectivity index (χ0n) is 9.24. The fourth-order valence-corrected chi connectivity index (χ4v) is 2.56. The Morgan fingerprint density at radius 1 is 1.47 bits per heavy atom. The Hall–Kier alpha value is -0.930. The maximum absolute atomic E-state index is 5.66. The minimum absolute atomic E-state index is 0.300. The van der Waals surface area contributed by atoms with Crippen LogP contribution in [0.4, 0.5) is 0 Å². The lowest BCUT2D eigenvalue weighted by molar-refractivity contribution is 0.373. The summed E-state index contributed by atoms with van der Waals surface area (Å²) in [6.07, 6.45) is 7.12. The van der Waals surface area contributed by atoms with Gasteiger partial charge >= 0.3 is 0 Å². The number of nitrogens with zero attached hydrogens (tertiary/aromatic N) is 1. The van der Waals surface area contributed by atoms with Gasteiger partial charge in [-0.3, -0.25) is 16.3 Å². The van der Waals surface area contributed by atoms with Crippen molar-refractivity contribution in [1.29, 1.82) is 0 Å². The van der Waals surface area contributed by atoms with Gasteiger partial charge in [0.25, 0.3) is 0 Å². The summed E-state index contributed by atoms with van der Waals surface area (Å²) < 4.78 is 0. The summed E-state index contributed by atoms with van der Waals surface area (Å²) in [6.45, 7) is 2.02. The minimum Gasteiger partial charge on any atom is -0.271 e. The van der Waals surface area contributed by atoms with Crippen LogP contribution in [0.25, 0.3) is 0 Å². The molecule has 0 spiro atoms. The van der Waals surface area contributed by atoms with Crippen molar-refractivity contribution in [2.45, 2.75) is 38.6 Å². The maximum atomic E-state index is 5.66. The van der Waals surface area contributed by atoms with Crippen molar-refractivity contribution < 1.29 is 0 Å². The first kappa shape index (κ1) is 10.6. The van der Waals surface area contributed by atoms with Crippen LogP contribution in [0.1, 0.15) is 43.0 Å². The molecule has 1 aliphatic rings. The van der Waals surface area contributed by atoms with Crippen LogP contribution in [0.3, 0.4) is 0 Å². The molecule has 0 aliphatic heterocycles. The van der Waals surface area contributed by atoms with Gasteiger partial charge in [-0.05, 0) is 43.4 Å². The van der Waals surface area contributed by atoms with E-state index in [0.29, 0.717) is 12.0 Å². The van der Waals surface area contributed by atoms with Crippen molar-refractivity contribution in [3.05, 3.63) is 29.6 Å². The van der Waals surface area contributed by atoms with E-state index in [1.54, 1.807) is 0 Å². The van der Waals surface area contributed by atoms with Gasteiger partial charge in [-0.15, -0.1) is 0 Å². The van der Waals surface area contributed by atoms with E-state index < -0.39 is 0 Å². The normalized spacial score (nSPS) is 19.3. The van der Waals surface area contributed by atoms with E-state index in [-0.39, 0.29) is 0 Å². The molecular formula is C12H19N3. The quantitative estimate of drug-likeness (QED) is 0.587. The highest BCUT2D eigenvalue weighted by molar-refractivity contribution is 5.20. The van der Waals surface area contributed by atoms with Crippen LogP contribution in [0.5, 0.6) is 0 Å². The average molecular weight is 205 g/mol. The first-order chi connectivity index (χ1) is 7.31. The molecule has 1 unspecified atom stereocenters. The number of hydrogen-bond donors (Lipinski definition) is 2. The van der Waals surface area contributed by atoms with Crippen molar-refractivity contribution in [3.8, 4) is 0 Å². The molecule has 0 aromatic carbocycles. The predicted molar refractivity (Wildman–Crippen MR) is 61.0 cm³/mol. The van der Waals surface area contributed by atoms with Gasteiger partial charge in [0.2, 0.25) is 0 Å². The third-order valence-electron chi connectivity index (χ3n) is 3.33. The highest BCUT2D eigenvalue weighted by Gasteiger charge is 2.25. The van der Waals surface area contributed by atoms with Crippen LogP contribution in [-0.4, -0.2) is 4.98 Å². The Kier molecular flexibility index (Phi) is 3.34. The SMILES string of the molecule is Cc1cc(C(NN)C2CCCC2)ccn1. The van der Waals surface area contributed by atoms with E-state index in [1.165, 1.54) is 31.2 Å². The molecule has 1 aromatic heterocycles. The Labute approximate surface area is 91.1 Å². The number of hydrazine groups is 1. The van der Waals surface area contributed by atoms with E-state index >= 15 is 0 Å². The number of nitrogens with two attached hydrogens (primary N) is 1. The van der Waals surface area contributed by atoms with Crippen LogP contribution in [0.2, 0.25) is 0 Å². The van der Waals surface area contributed by atoms with Gasteiger partial charge < -0.3 is 0 Å². The fourth-order valence-electron chi connectivity index (χ4n) is 2.56. The zero-order valence-corrected chi connectivity index (χ0v) is 9.24. The van der Waals surface area contributed by atoms with Crippen LogP contribution in [-0.2, 0) is 0 Å². The molecule has 0 saturated heterocycles. The smallest absolute Gasteiger partial charge is 0.0489 e. The molecule has 2 rings (SSSR count). The lowest BCUT2D eigenvalue weighted by Gasteiger charge is -2.23. The predicted octanol–water partition coefficient (Wildman–Crippen LogP) is 2.08. The molecule has 0 radical (unpaired) electrons. The van der Waals surface area contributed by atoms with Gasteiger partial charge in [-0.2, -0.15) is 0 Å². The summed E-state index contributed by atoms with van der Waals surface area (Å²) in [6, 6.07) is 4.49. The van der Waals surface area contributed by atoms with E-state index in [1.807, 2.05) is 13.1 Å². The van der Waals surface area contributed by atoms with Crippen molar-refractivity contribution in [1.82, 2.24) is 10.4 Å². The topological polar surface area (TPSA) is 50.9 Å². The summed E-state index contributed by atoms with van der Waals surface area (Å²) in [5, 5.41) is 0. The summed E-state index contributed by atoms with van der Waals surface area (Å²) >= 11 is 0. The van der Waals surface area contributed by atoms with E-state index in [2.05, 4.69) is 22.5 Å². The lowest BCUT2D eigenvalue weighted by atomic mass is 9.92. The molecule has 1 heterocycles. The van der Waals surface area contributed by atoms with Gasteiger partial charge in [-0.25, -0.2) is 0 Å². The Balaban J connectivity index is 2.18. The Bertz CT molecular complexity index is 318. The van der Waals surface area contributed by atoms with Crippen molar-refractivity contribution in [2.24, 2.45) is 11.8 Å². The first-order valence-electron chi connectivity index (χ1n) is 5.70. The fraction of sp³-hybridized carbons (Fsp3) is 0.583. The number of aryl methyl sites for hydroxylation is 1. The number of nitrogens with one attached hydrogen (secondary N) is 1. The Morgan fingerprint density at radius 2 is 2.20 bits per heavy atom. The number of aromatic nitrogens is 1. The van der Waals surface area contributed by atoms with Crippen molar-refractivity contribution in [2.75, 3.05) is 0 Å². The zero-order chi connectivity index (χ0) is 10.7. The van der Waals surface area contributed by atoms with E-state index in [0.717, 1.165) is 5.69 Å². The minimum atomic E-state index is 0.300. The standard InChI is InChI=1S/C12H19N3/c1-9-8-11(6-7-14-9)12(15-13)10-4-2-3-5-10/h6-8,10,12,15H,2-5,13H2,1H3. The summed E-state index contributed by atoms with van der Waals surface area (Å²) in [4.78, 5) is 4.21. The Morgan fingerprint density at radius 3 is 2.80 bits per heavy atom. The second-order valence-corrected chi connectivity index (χ2v) is 4.42. The highest BCUT2D eigenvalue weighted by Crippen LogP contribution is 2.35. The molecule has 1 aliphatic carbocycles. The lowest BCUT2D eigenvalue weighted by Crippen LogP contribution is -2.32. The number of hydrogen-bond acceptors (Lipinski definition) is 3. The molecule has 0 bridgehead atoms. The molecule has 1 atom stereocenters. The van der Waals surface area contributed by atoms with Crippen LogP contribution >= 0.6 is 0 Å². The average Bonchev–Trinajstić information content (AvgIpc) is 2.72. The van der Waals surface area contributed by atoms with E-state index in [9.17, 15) is 0 Å². The molecule has 3 N–H and O–H groups in total. The molecule has 82 valence electrons. The third-order valence-corrected chi connectivity index (χ3v) is 3.33.